The summed E-state index contributed by atoms with van der Waals surface area (Å²) in [5.41, 5.74) is 1.84. The van der Waals surface area contributed by atoms with E-state index in [-0.39, 0.29) is 11.7 Å². The molecule has 21 heavy (non-hydrogen) atoms. The predicted molar refractivity (Wildman–Crippen MR) is 87.0 cm³/mol. The van der Waals surface area contributed by atoms with Crippen molar-refractivity contribution in [2.24, 2.45) is 0 Å². The molecule has 0 radical (unpaired) electrons. The van der Waals surface area contributed by atoms with Crippen molar-refractivity contribution < 1.29 is 8.42 Å². The summed E-state index contributed by atoms with van der Waals surface area (Å²) < 4.78 is 26.2. The molecule has 0 aliphatic carbocycles. The minimum absolute atomic E-state index is 0.0316. The third-order valence-electron chi connectivity index (χ3n) is 3.36. The number of nitrogens with zero attached hydrogens (tertiary/aromatic N) is 2. The van der Waals surface area contributed by atoms with Crippen molar-refractivity contribution in [2.75, 3.05) is 12.8 Å². The van der Waals surface area contributed by atoms with Crippen LogP contribution in [0.2, 0.25) is 0 Å². The zero-order chi connectivity index (χ0) is 15.5. The van der Waals surface area contributed by atoms with E-state index >= 15 is 0 Å². The number of aromatic nitrogens is 1. The van der Waals surface area contributed by atoms with Crippen LogP contribution < -0.4 is 0 Å². The molecule has 2 aromatic rings. The summed E-state index contributed by atoms with van der Waals surface area (Å²) in [4.78, 5) is 4.31. The van der Waals surface area contributed by atoms with Crippen molar-refractivity contribution in [1.82, 2.24) is 9.29 Å². The van der Waals surface area contributed by atoms with Crippen molar-refractivity contribution >= 4 is 21.4 Å². The molecule has 1 aromatic carbocycles. The fourth-order valence-corrected chi connectivity index (χ4v) is 4.14. The van der Waals surface area contributed by atoms with Crippen LogP contribution in [-0.4, -0.2) is 30.5 Å². The maximum Gasteiger partial charge on any atom is 0.214 e. The first-order chi connectivity index (χ1) is 9.88. The Hall–Kier alpha value is -1.24. The van der Waals surface area contributed by atoms with E-state index in [4.69, 9.17) is 0 Å². The van der Waals surface area contributed by atoms with Crippen LogP contribution in [0.15, 0.2) is 35.7 Å². The highest BCUT2D eigenvalue weighted by atomic mass is 32.2. The molecule has 0 aliphatic heterocycles. The van der Waals surface area contributed by atoms with Gasteiger partial charge in [0.2, 0.25) is 10.0 Å². The Labute approximate surface area is 130 Å². The standard InChI is InChI=1S/C15H20N2O2S2/c1-12(14-7-5-4-6-8-14)11-21(18,19)17(3)9-15-10-20-13(2)16-15/h4-8,10,12H,9,11H2,1-3H3/t12-/m0/s1. The lowest BCUT2D eigenvalue weighted by atomic mass is 10.0. The van der Waals surface area contributed by atoms with Crippen molar-refractivity contribution in [3.05, 3.63) is 52.0 Å². The third kappa shape index (κ3) is 4.36. The van der Waals surface area contributed by atoms with E-state index in [0.29, 0.717) is 6.54 Å². The quantitative estimate of drug-likeness (QED) is 0.821. The normalized spacial score (nSPS) is 13.5. The number of thiazole rings is 1. The van der Waals surface area contributed by atoms with Gasteiger partial charge in [-0.3, -0.25) is 0 Å². The van der Waals surface area contributed by atoms with Crippen LogP contribution >= 0.6 is 11.3 Å². The Kier molecular flexibility index (Phi) is 5.13. The molecular weight excluding hydrogens is 304 g/mol. The molecule has 0 bridgehead atoms. The van der Waals surface area contributed by atoms with Gasteiger partial charge < -0.3 is 0 Å². The van der Waals surface area contributed by atoms with Gasteiger partial charge in [0.05, 0.1) is 23.0 Å². The van der Waals surface area contributed by atoms with Gasteiger partial charge in [0, 0.05) is 12.4 Å². The molecule has 0 N–H and O–H groups in total. The molecule has 2 rings (SSSR count). The van der Waals surface area contributed by atoms with Gasteiger partial charge in [-0.1, -0.05) is 37.3 Å². The minimum Gasteiger partial charge on any atom is -0.245 e. The number of sulfonamides is 1. The van der Waals surface area contributed by atoms with Crippen LogP contribution in [0.3, 0.4) is 0 Å². The minimum atomic E-state index is -3.30. The molecule has 0 fully saturated rings. The van der Waals surface area contributed by atoms with Gasteiger partial charge in [-0.15, -0.1) is 11.3 Å². The first kappa shape index (κ1) is 16.1. The molecule has 1 atom stereocenters. The zero-order valence-corrected chi connectivity index (χ0v) is 14.1. The summed E-state index contributed by atoms with van der Waals surface area (Å²) >= 11 is 1.54. The van der Waals surface area contributed by atoms with E-state index in [1.54, 1.807) is 7.05 Å². The van der Waals surface area contributed by atoms with Crippen molar-refractivity contribution in [2.45, 2.75) is 26.3 Å². The van der Waals surface area contributed by atoms with E-state index in [2.05, 4.69) is 4.98 Å². The average molecular weight is 324 g/mol. The second-order valence-electron chi connectivity index (χ2n) is 5.20. The fraction of sp³-hybridized carbons (Fsp3) is 0.400. The monoisotopic (exact) mass is 324 g/mol. The number of benzene rings is 1. The highest BCUT2D eigenvalue weighted by Gasteiger charge is 2.22. The molecule has 0 aliphatic rings. The predicted octanol–water partition coefficient (Wildman–Crippen LogP) is 3.02. The molecule has 4 nitrogen and oxygen atoms in total. The van der Waals surface area contributed by atoms with Crippen LogP contribution in [0, 0.1) is 6.92 Å². The highest BCUT2D eigenvalue weighted by Crippen LogP contribution is 2.19. The first-order valence-corrected chi connectivity index (χ1v) is 9.27. The Bertz CT molecular complexity index is 681. The Morgan fingerprint density at radius 2 is 1.95 bits per heavy atom. The van der Waals surface area contributed by atoms with Gasteiger partial charge >= 0.3 is 0 Å². The molecule has 1 heterocycles. The third-order valence-corrected chi connectivity index (χ3v) is 6.18. The van der Waals surface area contributed by atoms with Crippen LogP contribution in [0.4, 0.5) is 0 Å². The summed E-state index contributed by atoms with van der Waals surface area (Å²) in [5, 5.41) is 2.86. The summed E-state index contributed by atoms with van der Waals surface area (Å²) in [6.07, 6.45) is 0. The number of hydrogen-bond donors (Lipinski definition) is 0. The van der Waals surface area contributed by atoms with Gasteiger partial charge in [0.1, 0.15) is 0 Å². The molecular formula is C15H20N2O2S2. The smallest absolute Gasteiger partial charge is 0.214 e. The van der Waals surface area contributed by atoms with E-state index in [9.17, 15) is 8.42 Å². The number of aryl methyl sites for hydroxylation is 1. The molecule has 114 valence electrons. The van der Waals surface area contributed by atoms with Gasteiger partial charge in [-0.25, -0.2) is 13.4 Å². The summed E-state index contributed by atoms with van der Waals surface area (Å²) in [7, 11) is -1.69. The molecule has 0 saturated carbocycles. The van der Waals surface area contributed by atoms with Gasteiger partial charge in [0.25, 0.3) is 0 Å². The Balaban J connectivity index is 2.04. The van der Waals surface area contributed by atoms with Crippen LogP contribution in [0.1, 0.15) is 29.1 Å². The summed E-state index contributed by atoms with van der Waals surface area (Å²) in [6, 6.07) is 9.72. The molecule has 0 saturated heterocycles. The summed E-state index contributed by atoms with van der Waals surface area (Å²) in [6.45, 7) is 4.18. The van der Waals surface area contributed by atoms with Gasteiger partial charge in [-0.2, -0.15) is 4.31 Å². The lowest BCUT2D eigenvalue weighted by Gasteiger charge is -2.19. The second kappa shape index (κ2) is 6.68. The average Bonchev–Trinajstić information content (AvgIpc) is 2.84. The SMILES string of the molecule is Cc1nc(CN(C)S(=O)(=O)C[C@H](C)c2ccccc2)cs1. The summed E-state index contributed by atoms with van der Waals surface area (Å²) in [5.74, 6) is 0.0761. The van der Waals surface area contributed by atoms with E-state index in [1.807, 2.05) is 49.6 Å². The maximum atomic E-state index is 12.4. The van der Waals surface area contributed by atoms with Gasteiger partial charge in [0.15, 0.2) is 0 Å². The van der Waals surface area contributed by atoms with Crippen molar-refractivity contribution in [3.8, 4) is 0 Å². The largest absolute Gasteiger partial charge is 0.245 e. The molecule has 0 unspecified atom stereocenters. The topological polar surface area (TPSA) is 50.3 Å². The lowest BCUT2D eigenvalue weighted by molar-refractivity contribution is 0.460. The van der Waals surface area contributed by atoms with Crippen molar-refractivity contribution in [1.29, 1.82) is 0 Å². The van der Waals surface area contributed by atoms with E-state index in [1.165, 1.54) is 15.6 Å². The van der Waals surface area contributed by atoms with Gasteiger partial charge in [-0.05, 0) is 18.4 Å². The van der Waals surface area contributed by atoms with E-state index < -0.39 is 10.0 Å². The number of rotatable bonds is 6. The fourth-order valence-electron chi connectivity index (χ4n) is 2.13. The van der Waals surface area contributed by atoms with Crippen LogP contribution in [-0.2, 0) is 16.6 Å². The maximum absolute atomic E-state index is 12.4. The second-order valence-corrected chi connectivity index (χ2v) is 8.39. The van der Waals surface area contributed by atoms with Crippen LogP contribution in [0.5, 0.6) is 0 Å². The van der Waals surface area contributed by atoms with Crippen LogP contribution in [0.25, 0.3) is 0 Å². The lowest BCUT2D eigenvalue weighted by Crippen LogP contribution is -2.30. The molecule has 6 heteroatoms. The van der Waals surface area contributed by atoms with Crippen molar-refractivity contribution in [3.63, 3.8) is 0 Å². The molecule has 1 aromatic heterocycles. The Morgan fingerprint density at radius 1 is 1.29 bits per heavy atom. The van der Waals surface area contributed by atoms with E-state index in [0.717, 1.165) is 16.3 Å². The highest BCUT2D eigenvalue weighted by molar-refractivity contribution is 7.89. The number of hydrogen-bond acceptors (Lipinski definition) is 4. The first-order valence-electron chi connectivity index (χ1n) is 6.78. The Morgan fingerprint density at radius 3 is 2.52 bits per heavy atom. The molecule has 0 spiro atoms. The zero-order valence-electron chi connectivity index (χ0n) is 12.5. The molecule has 0 amide bonds.